The van der Waals surface area contributed by atoms with Gasteiger partial charge in [-0.05, 0) is 24.3 Å². The zero-order valence-corrected chi connectivity index (χ0v) is 9.16. The zero-order valence-electron chi connectivity index (χ0n) is 8.34. The van der Waals surface area contributed by atoms with Crippen molar-refractivity contribution in [3.05, 3.63) is 36.4 Å². The first-order valence-electron chi connectivity index (χ1n) is 4.38. The molecule has 3 nitrogen and oxygen atoms in total. The van der Waals surface area contributed by atoms with E-state index in [1.165, 1.54) is 0 Å². The van der Waals surface area contributed by atoms with Crippen LogP contribution in [0.5, 0.6) is 5.75 Å². The van der Waals surface area contributed by atoms with E-state index < -0.39 is 5.97 Å². The Morgan fingerprint density at radius 3 is 2.67 bits per heavy atom. The summed E-state index contributed by atoms with van der Waals surface area (Å²) in [4.78, 5) is 11.3. The summed E-state index contributed by atoms with van der Waals surface area (Å²) in [6.45, 7) is 0. The molecule has 0 bridgehead atoms. The first kappa shape index (κ1) is 11.7. The number of ether oxygens (including phenoxy) is 1. The molecule has 0 saturated heterocycles. The molecule has 0 unspecified atom stereocenters. The van der Waals surface area contributed by atoms with Crippen LogP contribution in [0.2, 0.25) is 0 Å². The monoisotopic (exact) mass is 224 g/mol. The highest BCUT2D eigenvalue weighted by Gasteiger charge is 1.93. The third kappa shape index (κ3) is 4.56. The van der Waals surface area contributed by atoms with Gasteiger partial charge in [-0.3, -0.25) is 0 Å². The average Bonchev–Trinajstić information content (AvgIpc) is 2.25. The van der Waals surface area contributed by atoms with Crippen LogP contribution < -0.4 is 4.74 Å². The predicted molar refractivity (Wildman–Crippen MR) is 60.5 cm³/mol. The van der Waals surface area contributed by atoms with Crippen LogP contribution in [0.1, 0.15) is 0 Å². The molecule has 15 heavy (non-hydrogen) atoms. The third-order valence-electron chi connectivity index (χ3n) is 1.67. The Kier molecular flexibility index (Phi) is 4.77. The predicted octanol–water partition coefficient (Wildman–Crippen LogP) is 2.43. The van der Waals surface area contributed by atoms with Gasteiger partial charge in [-0.1, -0.05) is 6.08 Å². The number of carboxylic acids is 1. The van der Waals surface area contributed by atoms with E-state index in [9.17, 15) is 4.79 Å². The van der Waals surface area contributed by atoms with Gasteiger partial charge in [0.25, 0.3) is 0 Å². The average molecular weight is 224 g/mol. The lowest BCUT2D eigenvalue weighted by atomic mass is 10.3. The largest absolute Gasteiger partial charge is 0.497 e. The van der Waals surface area contributed by atoms with Gasteiger partial charge in [-0.2, -0.15) is 0 Å². The smallest absolute Gasteiger partial charge is 0.328 e. The van der Waals surface area contributed by atoms with Crippen LogP contribution in [-0.2, 0) is 4.79 Å². The van der Waals surface area contributed by atoms with Crippen molar-refractivity contribution in [2.24, 2.45) is 0 Å². The molecule has 1 aromatic carbocycles. The lowest BCUT2D eigenvalue weighted by Gasteiger charge is -2.00. The van der Waals surface area contributed by atoms with Crippen molar-refractivity contribution in [2.45, 2.75) is 4.90 Å². The minimum absolute atomic E-state index is 0.651. The highest BCUT2D eigenvalue weighted by molar-refractivity contribution is 7.99. The zero-order chi connectivity index (χ0) is 11.1. The number of methoxy groups -OCH3 is 1. The Labute approximate surface area is 92.8 Å². The van der Waals surface area contributed by atoms with Gasteiger partial charge in [0.1, 0.15) is 5.75 Å². The SMILES string of the molecule is COc1ccc(SC/C=C/C(=O)O)cc1. The molecule has 0 radical (unpaired) electrons. The highest BCUT2D eigenvalue weighted by Crippen LogP contribution is 2.21. The molecule has 0 fully saturated rings. The fourth-order valence-electron chi connectivity index (χ4n) is 0.965. The van der Waals surface area contributed by atoms with E-state index in [4.69, 9.17) is 9.84 Å². The number of carboxylic acid groups (broad SMARTS) is 1. The van der Waals surface area contributed by atoms with E-state index in [2.05, 4.69) is 0 Å². The second-order valence-electron chi connectivity index (χ2n) is 2.73. The first-order valence-corrected chi connectivity index (χ1v) is 5.37. The number of hydrogen-bond acceptors (Lipinski definition) is 3. The Hall–Kier alpha value is -1.42. The summed E-state index contributed by atoms with van der Waals surface area (Å²) in [6, 6.07) is 7.64. The Morgan fingerprint density at radius 2 is 2.13 bits per heavy atom. The molecule has 0 aliphatic heterocycles. The standard InChI is InChI=1S/C11H12O3S/c1-14-9-4-6-10(7-5-9)15-8-2-3-11(12)13/h2-7H,8H2,1H3,(H,12,13)/b3-2+. The van der Waals surface area contributed by atoms with Gasteiger partial charge in [-0.15, -0.1) is 11.8 Å². The number of thioether (sulfide) groups is 1. The van der Waals surface area contributed by atoms with Gasteiger partial charge in [-0.25, -0.2) is 4.79 Å². The normalized spacial score (nSPS) is 10.5. The minimum atomic E-state index is -0.912. The van der Waals surface area contributed by atoms with E-state index in [1.54, 1.807) is 24.9 Å². The van der Waals surface area contributed by atoms with Gasteiger partial charge in [0, 0.05) is 16.7 Å². The van der Waals surface area contributed by atoms with Crippen molar-refractivity contribution in [2.75, 3.05) is 12.9 Å². The van der Waals surface area contributed by atoms with Crippen molar-refractivity contribution in [1.29, 1.82) is 0 Å². The molecule has 0 aliphatic rings. The number of aliphatic carboxylic acids is 1. The van der Waals surface area contributed by atoms with Gasteiger partial charge in [0.2, 0.25) is 0 Å². The van der Waals surface area contributed by atoms with E-state index in [-0.39, 0.29) is 0 Å². The summed E-state index contributed by atoms with van der Waals surface area (Å²) in [7, 11) is 1.62. The van der Waals surface area contributed by atoms with Crippen molar-refractivity contribution >= 4 is 17.7 Å². The number of carbonyl (C=O) groups is 1. The molecule has 0 heterocycles. The summed E-state index contributed by atoms with van der Waals surface area (Å²) >= 11 is 1.58. The third-order valence-corrected chi connectivity index (χ3v) is 2.63. The lowest BCUT2D eigenvalue weighted by molar-refractivity contribution is -0.131. The molecule has 0 atom stereocenters. The van der Waals surface area contributed by atoms with Crippen LogP contribution in [-0.4, -0.2) is 23.9 Å². The molecule has 4 heteroatoms. The van der Waals surface area contributed by atoms with E-state index >= 15 is 0 Å². The Balaban J connectivity index is 2.41. The molecule has 0 amide bonds. The minimum Gasteiger partial charge on any atom is -0.497 e. The highest BCUT2D eigenvalue weighted by atomic mass is 32.2. The fraction of sp³-hybridized carbons (Fsp3) is 0.182. The first-order chi connectivity index (χ1) is 7.22. The van der Waals surface area contributed by atoms with E-state index in [1.807, 2.05) is 24.3 Å². The molecular weight excluding hydrogens is 212 g/mol. The van der Waals surface area contributed by atoms with Crippen LogP contribution in [0.25, 0.3) is 0 Å². The molecule has 0 saturated carbocycles. The van der Waals surface area contributed by atoms with Gasteiger partial charge >= 0.3 is 5.97 Å². The summed E-state index contributed by atoms with van der Waals surface area (Å²) in [5.41, 5.74) is 0. The Bertz CT molecular complexity index is 343. The van der Waals surface area contributed by atoms with Crippen LogP contribution in [0.3, 0.4) is 0 Å². The van der Waals surface area contributed by atoms with Gasteiger partial charge in [0.15, 0.2) is 0 Å². The molecule has 80 valence electrons. The molecule has 0 spiro atoms. The molecular formula is C11H12O3S. The second kappa shape index (κ2) is 6.14. The molecule has 0 aliphatic carbocycles. The van der Waals surface area contributed by atoms with E-state index in [0.717, 1.165) is 16.7 Å². The maximum atomic E-state index is 10.2. The maximum absolute atomic E-state index is 10.2. The number of benzene rings is 1. The second-order valence-corrected chi connectivity index (χ2v) is 3.82. The van der Waals surface area contributed by atoms with Crippen molar-refractivity contribution in [3.63, 3.8) is 0 Å². The van der Waals surface area contributed by atoms with Crippen LogP contribution in [0, 0.1) is 0 Å². The number of rotatable bonds is 5. The molecule has 1 aromatic rings. The lowest BCUT2D eigenvalue weighted by Crippen LogP contribution is -1.86. The summed E-state index contributed by atoms with van der Waals surface area (Å²) in [5, 5.41) is 8.37. The number of hydrogen-bond donors (Lipinski definition) is 1. The van der Waals surface area contributed by atoms with Crippen molar-refractivity contribution in [3.8, 4) is 5.75 Å². The molecule has 1 N–H and O–H groups in total. The van der Waals surface area contributed by atoms with Crippen molar-refractivity contribution < 1.29 is 14.6 Å². The molecule has 0 aromatic heterocycles. The fourth-order valence-corrected chi connectivity index (χ4v) is 1.68. The van der Waals surface area contributed by atoms with Crippen LogP contribution in [0.4, 0.5) is 0 Å². The van der Waals surface area contributed by atoms with Gasteiger partial charge < -0.3 is 9.84 Å². The van der Waals surface area contributed by atoms with E-state index in [0.29, 0.717) is 5.75 Å². The van der Waals surface area contributed by atoms with Crippen LogP contribution in [0.15, 0.2) is 41.3 Å². The van der Waals surface area contributed by atoms with Gasteiger partial charge in [0.05, 0.1) is 7.11 Å². The summed E-state index contributed by atoms with van der Waals surface area (Å²) in [5.74, 6) is 0.560. The summed E-state index contributed by atoms with van der Waals surface area (Å²) in [6.07, 6.45) is 2.77. The molecule has 1 rings (SSSR count). The maximum Gasteiger partial charge on any atom is 0.328 e. The van der Waals surface area contributed by atoms with Crippen molar-refractivity contribution in [1.82, 2.24) is 0 Å². The topological polar surface area (TPSA) is 46.5 Å². The van der Waals surface area contributed by atoms with Crippen LogP contribution >= 0.6 is 11.8 Å². The quantitative estimate of drug-likeness (QED) is 0.616. The summed E-state index contributed by atoms with van der Waals surface area (Å²) < 4.78 is 5.03. The Morgan fingerprint density at radius 1 is 1.47 bits per heavy atom.